The molecule has 0 saturated carbocycles. The molecule has 6 rings (SSSR count). The predicted octanol–water partition coefficient (Wildman–Crippen LogP) is 7.08. The highest BCUT2D eigenvalue weighted by Gasteiger charge is 2.55. The molecule has 2 N–H and O–H groups in total. The summed E-state index contributed by atoms with van der Waals surface area (Å²) in [4.78, 5) is 48.4. The van der Waals surface area contributed by atoms with Crippen LogP contribution in [0.5, 0.6) is 0 Å². The Labute approximate surface area is 288 Å². The molecule has 11 nitrogen and oxygen atoms in total. The Morgan fingerprint density at radius 3 is 1.98 bits per heavy atom. The molecule has 49 heavy (non-hydrogen) atoms. The summed E-state index contributed by atoms with van der Waals surface area (Å²) in [5, 5.41) is 4.08. The van der Waals surface area contributed by atoms with Gasteiger partial charge in [0.2, 0.25) is 5.91 Å². The first kappa shape index (κ1) is 34.8. The molecule has 3 aliphatic rings. The second-order valence-electron chi connectivity index (χ2n) is 16.4. The minimum Gasteiger partial charge on any atom is -0.444 e. The van der Waals surface area contributed by atoms with E-state index in [2.05, 4.69) is 10.3 Å². The van der Waals surface area contributed by atoms with Crippen molar-refractivity contribution >= 4 is 34.7 Å². The number of aromatic amines is 1. The SMILES string of the molecule is CC(C)(C)OC(=O)N1[C@@H](Cc2c[nH]c3c([C@]4(C[C@H]5COC(C)(C)N5C(=O)OC(C)(C)C)C(=O)Nc5ccccc54)cccc23)COC1(C)C. The van der Waals surface area contributed by atoms with Crippen LogP contribution in [0, 0.1) is 0 Å². The van der Waals surface area contributed by atoms with Crippen molar-refractivity contribution in [3.05, 3.63) is 65.4 Å². The Kier molecular flexibility index (Phi) is 8.34. The number of nitrogens with zero attached hydrogens (tertiary/aromatic N) is 2. The lowest BCUT2D eigenvalue weighted by molar-refractivity contribution is -0.120. The average molecular weight is 675 g/mol. The van der Waals surface area contributed by atoms with Crippen molar-refractivity contribution in [1.82, 2.24) is 14.8 Å². The number of para-hydroxylation sites is 2. The fraction of sp³-hybridized carbons (Fsp3) is 0.553. The van der Waals surface area contributed by atoms with Gasteiger partial charge >= 0.3 is 12.2 Å². The van der Waals surface area contributed by atoms with Gasteiger partial charge in [0.15, 0.2) is 0 Å². The summed E-state index contributed by atoms with van der Waals surface area (Å²) >= 11 is 0. The van der Waals surface area contributed by atoms with E-state index < -0.39 is 46.3 Å². The van der Waals surface area contributed by atoms with E-state index in [0.29, 0.717) is 13.0 Å². The Balaban J connectivity index is 1.42. The summed E-state index contributed by atoms with van der Waals surface area (Å²) in [5.41, 5.74) is -0.138. The third-order valence-corrected chi connectivity index (χ3v) is 9.61. The van der Waals surface area contributed by atoms with Crippen LogP contribution in [-0.2, 0) is 35.6 Å². The summed E-state index contributed by atoms with van der Waals surface area (Å²) in [7, 11) is 0. The van der Waals surface area contributed by atoms with Crippen molar-refractivity contribution in [3.8, 4) is 0 Å². The van der Waals surface area contributed by atoms with Gasteiger partial charge in [0, 0.05) is 17.3 Å². The van der Waals surface area contributed by atoms with Crippen molar-refractivity contribution in [1.29, 1.82) is 0 Å². The van der Waals surface area contributed by atoms with Gasteiger partial charge in [-0.15, -0.1) is 0 Å². The Morgan fingerprint density at radius 2 is 1.37 bits per heavy atom. The van der Waals surface area contributed by atoms with Gasteiger partial charge < -0.3 is 29.2 Å². The van der Waals surface area contributed by atoms with E-state index in [-0.39, 0.29) is 25.0 Å². The average Bonchev–Trinajstić information content (AvgIpc) is 3.68. The third-order valence-electron chi connectivity index (χ3n) is 9.61. The highest BCUT2D eigenvalue weighted by Crippen LogP contribution is 2.50. The zero-order valence-electron chi connectivity index (χ0n) is 30.4. The number of aromatic nitrogens is 1. The minimum atomic E-state index is -1.16. The monoisotopic (exact) mass is 674 g/mol. The molecule has 3 aromatic rings. The second-order valence-corrected chi connectivity index (χ2v) is 16.4. The molecule has 0 radical (unpaired) electrons. The number of carbonyl (C=O) groups is 3. The van der Waals surface area contributed by atoms with Gasteiger partial charge in [-0.2, -0.15) is 0 Å². The fourth-order valence-corrected chi connectivity index (χ4v) is 7.67. The van der Waals surface area contributed by atoms with Crippen LogP contribution in [0.1, 0.15) is 92.3 Å². The molecule has 11 heteroatoms. The number of ether oxygens (including phenoxy) is 4. The smallest absolute Gasteiger partial charge is 0.412 e. The van der Waals surface area contributed by atoms with Crippen molar-refractivity contribution in [2.75, 3.05) is 18.5 Å². The Hall–Kier alpha value is -4.09. The van der Waals surface area contributed by atoms with Crippen LogP contribution < -0.4 is 5.32 Å². The lowest BCUT2D eigenvalue weighted by Crippen LogP contribution is -2.52. The highest BCUT2D eigenvalue weighted by molar-refractivity contribution is 6.11. The molecule has 0 aliphatic carbocycles. The van der Waals surface area contributed by atoms with E-state index >= 15 is 0 Å². The van der Waals surface area contributed by atoms with Gasteiger partial charge in [-0.05, 0) is 105 Å². The molecule has 4 heterocycles. The molecule has 2 fully saturated rings. The Bertz CT molecular complexity index is 1780. The van der Waals surface area contributed by atoms with Crippen molar-refractivity contribution in [3.63, 3.8) is 0 Å². The van der Waals surface area contributed by atoms with Crippen LogP contribution >= 0.6 is 0 Å². The largest absolute Gasteiger partial charge is 0.444 e. The molecule has 3 amide bonds. The van der Waals surface area contributed by atoms with E-state index in [1.807, 2.05) is 118 Å². The first-order valence-electron chi connectivity index (χ1n) is 17.1. The number of carbonyl (C=O) groups excluding carboxylic acids is 3. The molecular formula is C38H50N4O7. The van der Waals surface area contributed by atoms with Gasteiger partial charge in [0.25, 0.3) is 0 Å². The molecule has 0 unspecified atom stereocenters. The summed E-state index contributed by atoms with van der Waals surface area (Å²) in [6.45, 7) is 19.1. The number of H-pyrrole nitrogens is 1. The maximum absolute atomic E-state index is 14.5. The molecule has 3 aliphatic heterocycles. The number of rotatable bonds is 5. The summed E-state index contributed by atoms with van der Waals surface area (Å²) in [6.07, 6.45) is 1.82. The summed E-state index contributed by atoms with van der Waals surface area (Å²) < 4.78 is 23.9. The van der Waals surface area contributed by atoms with Crippen molar-refractivity contribution in [2.24, 2.45) is 0 Å². The van der Waals surface area contributed by atoms with E-state index in [1.165, 1.54) is 0 Å². The molecule has 3 atom stereocenters. The molecule has 0 bridgehead atoms. The van der Waals surface area contributed by atoms with Crippen LogP contribution in [0.15, 0.2) is 48.7 Å². The number of fused-ring (bicyclic) bond motifs is 2. The van der Waals surface area contributed by atoms with E-state index in [0.717, 1.165) is 33.3 Å². The predicted molar refractivity (Wildman–Crippen MR) is 186 cm³/mol. The van der Waals surface area contributed by atoms with Gasteiger partial charge in [-0.1, -0.05) is 36.4 Å². The van der Waals surface area contributed by atoms with E-state index in [1.54, 1.807) is 9.80 Å². The zero-order valence-corrected chi connectivity index (χ0v) is 30.4. The quantitative estimate of drug-likeness (QED) is 0.297. The first-order valence-corrected chi connectivity index (χ1v) is 17.1. The van der Waals surface area contributed by atoms with Gasteiger partial charge in [0.1, 0.15) is 28.1 Å². The summed E-state index contributed by atoms with van der Waals surface area (Å²) in [6, 6.07) is 13.0. The molecule has 1 aromatic heterocycles. The van der Waals surface area contributed by atoms with Gasteiger partial charge in [-0.25, -0.2) is 9.59 Å². The van der Waals surface area contributed by atoms with Crippen molar-refractivity contribution in [2.45, 2.75) is 122 Å². The van der Waals surface area contributed by atoms with Crippen LogP contribution in [0.3, 0.4) is 0 Å². The lowest BCUT2D eigenvalue weighted by Gasteiger charge is -2.38. The van der Waals surface area contributed by atoms with Gasteiger partial charge in [-0.3, -0.25) is 14.6 Å². The Morgan fingerprint density at radius 1 is 0.816 bits per heavy atom. The lowest BCUT2D eigenvalue weighted by atomic mass is 9.70. The molecule has 0 spiro atoms. The van der Waals surface area contributed by atoms with Crippen molar-refractivity contribution < 1.29 is 33.3 Å². The fourth-order valence-electron chi connectivity index (χ4n) is 7.67. The van der Waals surface area contributed by atoms with Crippen LogP contribution in [-0.4, -0.2) is 80.8 Å². The topological polar surface area (TPSA) is 122 Å². The highest BCUT2D eigenvalue weighted by atomic mass is 16.6. The third kappa shape index (κ3) is 6.27. The van der Waals surface area contributed by atoms with E-state index in [9.17, 15) is 14.4 Å². The number of benzene rings is 2. The maximum atomic E-state index is 14.5. The normalized spacial score (nSPS) is 24.7. The number of nitrogens with one attached hydrogen (secondary N) is 2. The molecule has 2 aromatic carbocycles. The van der Waals surface area contributed by atoms with Crippen LogP contribution in [0.2, 0.25) is 0 Å². The number of anilines is 1. The maximum Gasteiger partial charge on any atom is 0.412 e. The number of amides is 3. The van der Waals surface area contributed by atoms with Crippen LogP contribution in [0.25, 0.3) is 10.9 Å². The molecular weight excluding hydrogens is 624 g/mol. The first-order chi connectivity index (χ1) is 22.7. The number of hydrogen-bond acceptors (Lipinski definition) is 7. The van der Waals surface area contributed by atoms with Crippen LogP contribution in [0.4, 0.5) is 15.3 Å². The van der Waals surface area contributed by atoms with Gasteiger partial charge in [0.05, 0.1) is 30.8 Å². The zero-order chi connectivity index (χ0) is 35.7. The second kappa shape index (κ2) is 11.8. The molecule has 264 valence electrons. The standard InChI is InChI=1S/C38H50N4O7/c1-34(2,3)48-32(44)41-24(21-46-36(41,7)8)18-23-20-39-30-26(23)14-13-16-28(30)38(27-15-11-12-17-29(27)40-31(38)43)19-25-22-47-37(9,10)42(25)33(45)49-35(4,5)6/h11-17,20,24-25,39H,18-19,21-22H2,1-10H3,(H,40,43)/t24-,25-,38+/m0/s1. The number of hydrogen-bond donors (Lipinski definition) is 2. The van der Waals surface area contributed by atoms with E-state index in [4.69, 9.17) is 18.9 Å². The summed E-state index contributed by atoms with van der Waals surface area (Å²) in [5.74, 6) is -0.173. The molecule has 2 saturated heterocycles. The minimum absolute atomic E-state index is 0.173.